The first-order chi connectivity index (χ1) is 17.4. The van der Waals surface area contributed by atoms with E-state index in [0.29, 0.717) is 22.3 Å². The van der Waals surface area contributed by atoms with Gasteiger partial charge >= 0.3 is 0 Å². The Labute approximate surface area is 217 Å². The molecule has 9 heteroatoms. The third-order valence-electron chi connectivity index (χ3n) is 5.95. The first-order valence-corrected chi connectivity index (χ1v) is 12.7. The Morgan fingerprint density at radius 1 is 1.14 bits per heavy atom. The van der Waals surface area contributed by atoms with Crippen LogP contribution >= 0.6 is 23.4 Å². The molecule has 5 rings (SSSR count). The molecule has 0 aromatic heterocycles. The number of rotatable bonds is 5. The highest BCUT2D eigenvalue weighted by atomic mass is 35.5. The zero-order valence-corrected chi connectivity index (χ0v) is 20.9. The monoisotopic (exact) mass is 520 g/mol. The van der Waals surface area contributed by atoms with Crippen LogP contribution in [0.3, 0.4) is 0 Å². The van der Waals surface area contributed by atoms with Crippen molar-refractivity contribution in [2.24, 2.45) is 10.1 Å². The lowest BCUT2D eigenvalue weighted by molar-refractivity contribution is -0.121. The van der Waals surface area contributed by atoms with Gasteiger partial charge in [0.1, 0.15) is 11.1 Å². The summed E-state index contributed by atoms with van der Waals surface area (Å²) >= 11 is 7.22. The minimum atomic E-state index is -0.650. The minimum Gasteiger partial charge on any atom is -0.326 e. The predicted molar refractivity (Wildman–Crippen MR) is 142 cm³/mol. The summed E-state index contributed by atoms with van der Waals surface area (Å²) in [6.45, 7) is 2.02. The van der Waals surface area contributed by atoms with Gasteiger partial charge in [-0.3, -0.25) is 9.59 Å². The summed E-state index contributed by atoms with van der Waals surface area (Å²) in [7, 11) is 0. The highest BCUT2D eigenvalue weighted by Gasteiger charge is 2.39. The van der Waals surface area contributed by atoms with Crippen LogP contribution in [-0.4, -0.2) is 33.0 Å². The van der Waals surface area contributed by atoms with Crippen LogP contribution in [0.15, 0.2) is 82.9 Å². The number of amidine groups is 1. The number of thioether (sulfide) groups is 1. The van der Waals surface area contributed by atoms with Gasteiger partial charge in [0, 0.05) is 23.6 Å². The van der Waals surface area contributed by atoms with Gasteiger partial charge in [-0.1, -0.05) is 71.4 Å². The van der Waals surface area contributed by atoms with Gasteiger partial charge in [0.2, 0.25) is 5.91 Å². The highest BCUT2D eigenvalue weighted by Crippen LogP contribution is 2.38. The minimum absolute atomic E-state index is 0.0272. The van der Waals surface area contributed by atoms with Crippen LogP contribution in [0.4, 0.5) is 10.1 Å². The average Bonchev–Trinajstić information content (AvgIpc) is 3.44. The molecule has 0 fully saturated rings. The van der Waals surface area contributed by atoms with E-state index in [1.165, 1.54) is 23.9 Å². The summed E-state index contributed by atoms with van der Waals surface area (Å²) in [5, 5.41) is 9.62. The molecular weight excluding hydrogens is 499 g/mol. The van der Waals surface area contributed by atoms with Crippen LogP contribution in [0.25, 0.3) is 0 Å². The second-order valence-corrected chi connectivity index (χ2v) is 10.2. The second kappa shape index (κ2) is 10.2. The molecule has 0 aliphatic carbocycles. The Morgan fingerprint density at radius 3 is 2.61 bits per heavy atom. The molecule has 0 unspecified atom stereocenters. The van der Waals surface area contributed by atoms with Crippen molar-refractivity contribution in [3.8, 4) is 0 Å². The molecule has 0 radical (unpaired) electrons. The lowest BCUT2D eigenvalue weighted by Gasteiger charge is -2.23. The van der Waals surface area contributed by atoms with E-state index < -0.39 is 5.25 Å². The molecule has 0 saturated heterocycles. The van der Waals surface area contributed by atoms with Crippen LogP contribution in [0.5, 0.6) is 0 Å². The smallest absolute Gasteiger partial charge is 0.262 e. The molecule has 2 amide bonds. The van der Waals surface area contributed by atoms with Gasteiger partial charge in [0.05, 0.1) is 11.8 Å². The standard InChI is InChI=1S/C27H22ClFN4O2S/c1-16-5-7-18(8-6-16)23-14-22(17-9-11-20(29)12-10-17)32-33(23)27-31-26(35)24(36-27)15-25(34)30-21-4-2-3-19(28)13-21/h2-13,23-24H,14-15H2,1H3,(H,30,34)/t23-,24+/m1/s1. The van der Waals surface area contributed by atoms with Crippen LogP contribution < -0.4 is 5.32 Å². The van der Waals surface area contributed by atoms with E-state index >= 15 is 0 Å². The largest absolute Gasteiger partial charge is 0.326 e. The summed E-state index contributed by atoms with van der Waals surface area (Å²) < 4.78 is 13.5. The Balaban J connectivity index is 1.35. The fourth-order valence-electron chi connectivity index (χ4n) is 4.10. The number of carbonyl (C=O) groups is 2. The number of aryl methyl sites for hydroxylation is 1. The average molecular weight is 521 g/mol. The number of nitrogens with one attached hydrogen (secondary N) is 1. The zero-order valence-electron chi connectivity index (χ0n) is 19.3. The zero-order chi connectivity index (χ0) is 25.2. The number of benzene rings is 3. The van der Waals surface area contributed by atoms with Crippen molar-refractivity contribution in [1.29, 1.82) is 0 Å². The maximum Gasteiger partial charge on any atom is 0.262 e. The van der Waals surface area contributed by atoms with Gasteiger partial charge in [-0.2, -0.15) is 10.1 Å². The number of hydrogen-bond acceptors (Lipinski definition) is 5. The summed E-state index contributed by atoms with van der Waals surface area (Å²) in [5.41, 5.74) is 4.31. The molecule has 0 spiro atoms. The van der Waals surface area contributed by atoms with Crippen molar-refractivity contribution in [3.63, 3.8) is 0 Å². The highest BCUT2D eigenvalue weighted by molar-refractivity contribution is 8.15. The van der Waals surface area contributed by atoms with E-state index in [0.717, 1.165) is 22.4 Å². The molecule has 36 heavy (non-hydrogen) atoms. The summed E-state index contributed by atoms with van der Waals surface area (Å²) in [5.74, 6) is -0.986. The van der Waals surface area contributed by atoms with E-state index in [4.69, 9.17) is 16.7 Å². The van der Waals surface area contributed by atoms with Crippen molar-refractivity contribution in [3.05, 3.63) is 100 Å². The third kappa shape index (κ3) is 5.34. The number of aliphatic imine (C=N–C) groups is 1. The number of nitrogens with zero attached hydrogens (tertiary/aromatic N) is 3. The molecule has 0 bridgehead atoms. The quantitative estimate of drug-likeness (QED) is 0.450. The number of hydrazone groups is 1. The van der Waals surface area contributed by atoms with Crippen molar-refractivity contribution >= 4 is 51.7 Å². The molecular formula is C27H22ClFN4O2S. The molecule has 0 saturated carbocycles. The van der Waals surface area contributed by atoms with Crippen LogP contribution in [0.1, 0.15) is 35.6 Å². The topological polar surface area (TPSA) is 74.1 Å². The van der Waals surface area contributed by atoms with E-state index in [2.05, 4.69) is 10.3 Å². The third-order valence-corrected chi connectivity index (χ3v) is 7.33. The van der Waals surface area contributed by atoms with Gasteiger partial charge in [0.15, 0.2) is 5.17 Å². The molecule has 3 aromatic rings. The first kappa shape index (κ1) is 24.2. The SMILES string of the molecule is Cc1ccc([C@H]2CC(c3ccc(F)cc3)=NN2C2=NC(=O)[C@H](CC(=O)Nc3cccc(Cl)c3)S2)cc1. The van der Waals surface area contributed by atoms with E-state index in [-0.39, 0.29) is 30.1 Å². The summed E-state index contributed by atoms with van der Waals surface area (Å²) in [6, 6.07) is 21.0. The molecule has 6 nitrogen and oxygen atoms in total. The van der Waals surface area contributed by atoms with Gasteiger partial charge in [-0.05, 0) is 48.4 Å². The molecule has 182 valence electrons. The number of anilines is 1. The molecule has 1 N–H and O–H groups in total. The molecule has 3 aromatic carbocycles. The summed E-state index contributed by atoms with van der Waals surface area (Å²) in [4.78, 5) is 29.6. The van der Waals surface area contributed by atoms with Crippen LogP contribution in [0, 0.1) is 12.7 Å². The maximum absolute atomic E-state index is 13.5. The number of amides is 2. The van der Waals surface area contributed by atoms with Crippen LogP contribution in [0.2, 0.25) is 5.02 Å². The van der Waals surface area contributed by atoms with Crippen LogP contribution in [-0.2, 0) is 9.59 Å². The van der Waals surface area contributed by atoms with E-state index in [1.807, 2.05) is 31.2 Å². The Morgan fingerprint density at radius 2 is 1.89 bits per heavy atom. The van der Waals surface area contributed by atoms with Gasteiger partial charge in [-0.25, -0.2) is 9.40 Å². The lowest BCUT2D eigenvalue weighted by Crippen LogP contribution is -2.25. The lowest BCUT2D eigenvalue weighted by atomic mass is 9.98. The molecule has 2 atom stereocenters. The predicted octanol–water partition coefficient (Wildman–Crippen LogP) is 5.97. The maximum atomic E-state index is 13.5. The van der Waals surface area contributed by atoms with Gasteiger partial charge < -0.3 is 5.32 Å². The van der Waals surface area contributed by atoms with E-state index in [1.54, 1.807) is 41.4 Å². The van der Waals surface area contributed by atoms with E-state index in [9.17, 15) is 14.0 Å². The number of carbonyl (C=O) groups excluding carboxylic acids is 2. The van der Waals surface area contributed by atoms with Gasteiger partial charge in [-0.15, -0.1) is 0 Å². The Bertz CT molecular complexity index is 1380. The first-order valence-electron chi connectivity index (χ1n) is 11.4. The molecule has 2 aliphatic rings. The van der Waals surface area contributed by atoms with Crippen molar-refractivity contribution in [2.75, 3.05) is 5.32 Å². The van der Waals surface area contributed by atoms with Crippen molar-refractivity contribution < 1.29 is 14.0 Å². The molecule has 2 heterocycles. The molecule has 2 aliphatic heterocycles. The Hall–Kier alpha value is -3.49. The number of hydrogen-bond donors (Lipinski definition) is 1. The second-order valence-electron chi connectivity index (χ2n) is 8.63. The fourth-order valence-corrected chi connectivity index (χ4v) is 5.35. The Kier molecular flexibility index (Phi) is 6.89. The number of halogens is 2. The van der Waals surface area contributed by atoms with Crippen molar-refractivity contribution in [1.82, 2.24) is 5.01 Å². The normalized spacial score (nSPS) is 19.3. The fraction of sp³-hybridized carbons (Fsp3) is 0.185. The van der Waals surface area contributed by atoms with Crippen molar-refractivity contribution in [2.45, 2.75) is 31.1 Å². The summed E-state index contributed by atoms with van der Waals surface area (Å²) in [6.07, 6.45) is 0.545. The van der Waals surface area contributed by atoms with Gasteiger partial charge in [0.25, 0.3) is 5.91 Å².